The van der Waals surface area contributed by atoms with E-state index in [0.29, 0.717) is 22.8 Å². The molecule has 3 rings (SSSR count). The number of nitrogens with zero attached hydrogens (tertiary/aromatic N) is 4. The molecule has 0 bridgehead atoms. The summed E-state index contributed by atoms with van der Waals surface area (Å²) in [4.78, 5) is 19.9. The Hall–Kier alpha value is -2.61. The van der Waals surface area contributed by atoms with Crippen LogP contribution in [0, 0.1) is 0 Å². The number of ether oxygens (including phenoxy) is 1. The van der Waals surface area contributed by atoms with E-state index in [4.69, 9.17) is 4.74 Å². The van der Waals surface area contributed by atoms with Crippen molar-refractivity contribution in [3.8, 4) is 5.88 Å². The first kappa shape index (κ1) is 12.4. The van der Waals surface area contributed by atoms with Crippen molar-refractivity contribution in [3.05, 3.63) is 36.2 Å². The van der Waals surface area contributed by atoms with Gasteiger partial charge in [0.15, 0.2) is 0 Å². The SMILES string of the molecule is COc1cc(NC(=O)c2ccc3nsnc3c2)ncn1. The van der Waals surface area contributed by atoms with Crippen LogP contribution in [0.4, 0.5) is 5.82 Å². The Bertz CT molecular complexity index is 773. The van der Waals surface area contributed by atoms with Crippen LogP contribution in [0.3, 0.4) is 0 Å². The van der Waals surface area contributed by atoms with E-state index in [1.807, 2.05) is 0 Å². The zero-order chi connectivity index (χ0) is 13.9. The summed E-state index contributed by atoms with van der Waals surface area (Å²) in [6.07, 6.45) is 1.32. The second-order valence-corrected chi connectivity index (χ2v) is 4.40. The number of fused-ring (bicyclic) bond motifs is 1. The molecule has 0 saturated carbocycles. The van der Waals surface area contributed by atoms with E-state index < -0.39 is 0 Å². The third kappa shape index (κ3) is 2.41. The number of anilines is 1. The van der Waals surface area contributed by atoms with Gasteiger partial charge < -0.3 is 10.1 Å². The summed E-state index contributed by atoms with van der Waals surface area (Å²) in [6, 6.07) is 6.68. The molecule has 0 saturated heterocycles. The van der Waals surface area contributed by atoms with Crippen molar-refractivity contribution in [2.75, 3.05) is 12.4 Å². The fourth-order valence-electron chi connectivity index (χ4n) is 1.63. The molecule has 1 aromatic carbocycles. The lowest BCUT2D eigenvalue weighted by molar-refractivity contribution is 0.102. The summed E-state index contributed by atoms with van der Waals surface area (Å²) in [5.74, 6) is 0.480. The summed E-state index contributed by atoms with van der Waals surface area (Å²) in [5, 5.41) is 2.67. The Balaban J connectivity index is 1.84. The van der Waals surface area contributed by atoms with Crippen molar-refractivity contribution >= 4 is 34.5 Å². The van der Waals surface area contributed by atoms with Gasteiger partial charge in [-0.1, -0.05) is 0 Å². The number of benzene rings is 1. The Labute approximate surface area is 118 Å². The first-order valence-corrected chi connectivity index (χ1v) is 6.39. The maximum atomic E-state index is 12.1. The number of nitrogens with one attached hydrogen (secondary N) is 1. The van der Waals surface area contributed by atoms with Gasteiger partial charge in [0, 0.05) is 11.6 Å². The van der Waals surface area contributed by atoms with E-state index in [1.54, 1.807) is 24.3 Å². The molecule has 100 valence electrons. The summed E-state index contributed by atoms with van der Waals surface area (Å²) >= 11 is 1.11. The van der Waals surface area contributed by atoms with E-state index >= 15 is 0 Å². The smallest absolute Gasteiger partial charge is 0.256 e. The zero-order valence-electron chi connectivity index (χ0n) is 10.4. The lowest BCUT2D eigenvalue weighted by atomic mass is 10.2. The highest BCUT2D eigenvalue weighted by Gasteiger charge is 2.10. The summed E-state index contributed by atoms with van der Waals surface area (Å²) < 4.78 is 13.2. The summed E-state index contributed by atoms with van der Waals surface area (Å²) in [6.45, 7) is 0. The minimum Gasteiger partial charge on any atom is -0.481 e. The molecule has 0 aliphatic carbocycles. The highest BCUT2D eigenvalue weighted by atomic mass is 32.1. The van der Waals surface area contributed by atoms with Crippen LogP contribution in [0.2, 0.25) is 0 Å². The average Bonchev–Trinajstić information content (AvgIpc) is 2.94. The van der Waals surface area contributed by atoms with Gasteiger partial charge in [-0.25, -0.2) is 9.97 Å². The zero-order valence-corrected chi connectivity index (χ0v) is 11.2. The summed E-state index contributed by atoms with van der Waals surface area (Å²) in [5.41, 5.74) is 1.96. The molecule has 2 aromatic heterocycles. The van der Waals surface area contributed by atoms with Gasteiger partial charge >= 0.3 is 0 Å². The third-order valence-electron chi connectivity index (χ3n) is 2.61. The topological polar surface area (TPSA) is 89.9 Å². The van der Waals surface area contributed by atoms with Crippen LogP contribution in [0.25, 0.3) is 11.0 Å². The van der Waals surface area contributed by atoms with Crippen molar-refractivity contribution in [2.24, 2.45) is 0 Å². The molecule has 1 amide bonds. The average molecular weight is 287 g/mol. The minimum atomic E-state index is -0.277. The highest BCUT2D eigenvalue weighted by molar-refractivity contribution is 7.00. The Morgan fingerprint density at radius 3 is 2.90 bits per heavy atom. The summed E-state index contributed by atoms with van der Waals surface area (Å²) in [7, 11) is 1.50. The van der Waals surface area contributed by atoms with E-state index in [2.05, 4.69) is 24.0 Å². The van der Waals surface area contributed by atoms with Gasteiger partial charge in [-0.3, -0.25) is 4.79 Å². The van der Waals surface area contributed by atoms with Crippen LogP contribution in [0.5, 0.6) is 5.88 Å². The third-order valence-corrected chi connectivity index (χ3v) is 3.17. The number of amides is 1. The van der Waals surface area contributed by atoms with E-state index in [0.717, 1.165) is 17.2 Å². The molecule has 7 nitrogen and oxygen atoms in total. The van der Waals surface area contributed by atoms with Gasteiger partial charge in [0.2, 0.25) is 5.88 Å². The molecule has 8 heteroatoms. The molecule has 1 N–H and O–H groups in total. The van der Waals surface area contributed by atoms with Crippen LogP contribution in [0.15, 0.2) is 30.6 Å². The van der Waals surface area contributed by atoms with Crippen LogP contribution in [-0.4, -0.2) is 31.7 Å². The molecule has 0 fully saturated rings. The molecular weight excluding hydrogens is 278 g/mol. The molecule has 3 aromatic rings. The van der Waals surface area contributed by atoms with Crippen molar-refractivity contribution in [2.45, 2.75) is 0 Å². The molecular formula is C12H9N5O2S. The lowest BCUT2D eigenvalue weighted by Gasteiger charge is -2.05. The van der Waals surface area contributed by atoms with Crippen LogP contribution < -0.4 is 10.1 Å². The number of rotatable bonds is 3. The van der Waals surface area contributed by atoms with Crippen molar-refractivity contribution < 1.29 is 9.53 Å². The first-order chi connectivity index (χ1) is 9.76. The second kappa shape index (κ2) is 5.17. The van der Waals surface area contributed by atoms with Crippen LogP contribution >= 0.6 is 11.7 Å². The largest absolute Gasteiger partial charge is 0.481 e. The van der Waals surface area contributed by atoms with Gasteiger partial charge in [-0.05, 0) is 18.2 Å². The molecule has 0 aliphatic rings. The predicted molar refractivity (Wildman–Crippen MR) is 74.0 cm³/mol. The van der Waals surface area contributed by atoms with Gasteiger partial charge in [-0.15, -0.1) is 0 Å². The van der Waals surface area contributed by atoms with Crippen molar-refractivity contribution in [3.63, 3.8) is 0 Å². The van der Waals surface area contributed by atoms with E-state index in [-0.39, 0.29) is 5.91 Å². The molecule has 0 spiro atoms. The maximum absolute atomic E-state index is 12.1. The molecule has 0 unspecified atom stereocenters. The molecule has 0 aliphatic heterocycles. The number of methoxy groups -OCH3 is 1. The van der Waals surface area contributed by atoms with Crippen LogP contribution in [-0.2, 0) is 0 Å². The van der Waals surface area contributed by atoms with E-state index in [9.17, 15) is 4.79 Å². The fraction of sp³-hybridized carbons (Fsp3) is 0.0833. The van der Waals surface area contributed by atoms with Crippen molar-refractivity contribution in [1.82, 2.24) is 18.7 Å². The van der Waals surface area contributed by atoms with Gasteiger partial charge in [0.1, 0.15) is 23.2 Å². The quantitative estimate of drug-likeness (QED) is 0.789. The molecule has 2 heterocycles. The second-order valence-electron chi connectivity index (χ2n) is 3.87. The lowest BCUT2D eigenvalue weighted by Crippen LogP contribution is -2.13. The molecule has 20 heavy (non-hydrogen) atoms. The highest BCUT2D eigenvalue weighted by Crippen LogP contribution is 2.15. The van der Waals surface area contributed by atoms with Gasteiger partial charge in [0.25, 0.3) is 5.91 Å². The Kier molecular flexibility index (Phi) is 3.21. The number of hydrogen-bond acceptors (Lipinski definition) is 7. The number of carbonyl (C=O) groups is 1. The number of aromatic nitrogens is 4. The predicted octanol–water partition coefficient (Wildman–Crippen LogP) is 1.74. The monoisotopic (exact) mass is 287 g/mol. The van der Waals surface area contributed by atoms with Crippen LogP contribution in [0.1, 0.15) is 10.4 Å². The first-order valence-electron chi connectivity index (χ1n) is 5.66. The maximum Gasteiger partial charge on any atom is 0.256 e. The minimum absolute atomic E-state index is 0.277. The number of carbonyl (C=O) groups excluding carboxylic acids is 1. The van der Waals surface area contributed by atoms with Crippen molar-refractivity contribution in [1.29, 1.82) is 0 Å². The standard InChI is InChI=1S/C12H9N5O2S/c1-19-11-5-10(13-6-14-11)15-12(18)7-2-3-8-9(4-7)17-20-16-8/h2-6H,1H3,(H,13,14,15,18). The van der Waals surface area contributed by atoms with Gasteiger partial charge in [0.05, 0.1) is 18.8 Å². The van der Waals surface area contributed by atoms with E-state index in [1.165, 1.54) is 13.4 Å². The normalized spacial score (nSPS) is 10.4. The Morgan fingerprint density at radius 2 is 2.05 bits per heavy atom. The molecule has 0 radical (unpaired) electrons. The fourth-order valence-corrected chi connectivity index (χ4v) is 2.15. The van der Waals surface area contributed by atoms with Gasteiger partial charge in [-0.2, -0.15) is 8.75 Å². The molecule has 0 atom stereocenters. The number of hydrogen-bond donors (Lipinski definition) is 1. The Morgan fingerprint density at radius 1 is 1.20 bits per heavy atom.